The molecule has 3 aromatic rings. The fourth-order valence-electron chi connectivity index (χ4n) is 3.51. The van der Waals surface area contributed by atoms with Crippen LogP contribution in [0.4, 0.5) is 0 Å². The molecule has 0 amide bonds. The van der Waals surface area contributed by atoms with Crippen molar-refractivity contribution in [2.75, 3.05) is 5.75 Å². The Morgan fingerprint density at radius 3 is 2.93 bits per heavy atom. The molecule has 4 rings (SSSR count). The molecule has 0 N–H and O–H groups in total. The predicted molar refractivity (Wildman–Crippen MR) is 112 cm³/mol. The van der Waals surface area contributed by atoms with Crippen molar-refractivity contribution in [3.05, 3.63) is 51.1 Å². The molecule has 0 radical (unpaired) electrons. The Morgan fingerprint density at radius 2 is 2.19 bits per heavy atom. The summed E-state index contributed by atoms with van der Waals surface area (Å²) >= 11 is 3.16. The van der Waals surface area contributed by atoms with Crippen LogP contribution in [0.15, 0.2) is 40.3 Å². The van der Waals surface area contributed by atoms with Gasteiger partial charge in [0.15, 0.2) is 5.16 Å². The van der Waals surface area contributed by atoms with Crippen LogP contribution in [0.2, 0.25) is 0 Å². The molecule has 2 heterocycles. The number of benzene rings is 1. The molecule has 0 spiro atoms. The number of fused-ring (bicyclic) bond motifs is 3. The average molecular weight is 396 g/mol. The van der Waals surface area contributed by atoms with Crippen molar-refractivity contribution in [3.63, 3.8) is 0 Å². The maximum atomic E-state index is 13.5. The fraction of sp³-hybridized carbons (Fsp3) is 0.381. The number of nitrogens with zero attached hydrogens (tertiary/aromatic N) is 3. The van der Waals surface area contributed by atoms with Gasteiger partial charge in [-0.05, 0) is 49.8 Å². The molecule has 0 aliphatic heterocycles. The van der Waals surface area contributed by atoms with Crippen LogP contribution in [-0.2, 0) is 12.8 Å². The second kappa shape index (κ2) is 7.49. The normalized spacial score (nSPS) is 17.4. The maximum Gasteiger partial charge on any atom is 0.267 e. The third-order valence-corrected chi connectivity index (χ3v) is 7.34. The van der Waals surface area contributed by atoms with E-state index in [0.29, 0.717) is 16.8 Å². The van der Waals surface area contributed by atoms with Crippen molar-refractivity contribution in [2.24, 2.45) is 11.8 Å². The average Bonchev–Trinajstić information content (AvgIpc) is 3.04. The van der Waals surface area contributed by atoms with Crippen molar-refractivity contribution in [2.45, 2.75) is 38.3 Å². The highest BCUT2D eigenvalue weighted by Gasteiger charge is 2.25. The van der Waals surface area contributed by atoms with Gasteiger partial charge in [-0.2, -0.15) is 5.26 Å². The van der Waals surface area contributed by atoms with Crippen LogP contribution in [0.25, 0.3) is 15.9 Å². The number of aryl methyl sites for hydroxylation is 1. The van der Waals surface area contributed by atoms with Gasteiger partial charge in [0.1, 0.15) is 4.83 Å². The second-order valence-electron chi connectivity index (χ2n) is 7.24. The molecule has 4 nitrogen and oxygen atoms in total. The van der Waals surface area contributed by atoms with Gasteiger partial charge in [0.05, 0.1) is 23.1 Å². The summed E-state index contributed by atoms with van der Waals surface area (Å²) in [7, 11) is 0. The molecule has 1 aliphatic rings. The van der Waals surface area contributed by atoms with Crippen LogP contribution in [0.5, 0.6) is 0 Å². The largest absolute Gasteiger partial charge is 0.268 e. The summed E-state index contributed by atoms with van der Waals surface area (Å²) in [6, 6.07) is 11.9. The fourth-order valence-corrected chi connectivity index (χ4v) is 5.89. The molecule has 2 aromatic heterocycles. The van der Waals surface area contributed by atoms with E-state index in [4.69, 9.17) is 10.2 Å². The Bertz CT molecular complexity index is 1080. The molecule has 2 atom stereocenters. The summed E-state index contributed by atoms with van der Waals surface area (Å²) in [6.45, 7) is 4.16. The van der Waals surface area contributed by atoms with Crippen LogP contribution in [-0.4, -0.2) is 15.3 Å². The van der Waals surface area contributed by atoms with Gasteiger partial charge in [-0.15, -0.1) is 11.3 Å². The van der Waals surface area contributed by atoms with E-state index >= 15 is 0 Å². The Kier molecular flexibility index (Phi) is 5.07. The zero-order valence-corrected chi connectivity index (χ0v) is 17.1. The minimum Gasteiger partial charge on any atom is -0.268 e. The van der Waals surface area contributed by atoms with E-state index in [-0.39, 0.29) is 11.5 Å². The summed E-state index contributed by atoms with van der Waals surface area (Å²) in [5, 5.41) is 10.6. The smallest absolute Gasteiger partial charge is 0.267 e. The third kappa shape index (κ3) is 3.42. The first-order chi connectivity index (χ1) is 13.1. The summed E-state index contributed by atoms with van der Waals surface area (Å²) in [5.41, 5.74) is 2.05. The van der Waals surface area contributed by atoms with Gasteiger partial charge in [-0.25, -0.2) is 4.98 Å². The molecule has 0 unspecified atom stereocenters. The van der Waals surface area contributed by atoms with Gasteiger partial charge in [0.25, 0.3) is 5.56 Å². The first kappa shape index (κ1) is 18.3. The lowest BCUT2D eigenvalue weighted by Crippen LogP contribution is -2.22. The summed E-state index contributed by atoms with van der Waals surface area (Å²) in [6.07, 6.45) is 3.12. The highest BCUT2D eigenvalue weighted by Crippen LogP contribution is 2.37. The highest BCUT2D eigenvalue weighted by molar-refractivity contribution is 7.99. The molecule has 1 aliphatic carbocycles. The van der Waals surface area contributed by atoms with E-state index in [0.717, 1.165) is 35.2 Å². The number of thiophene rings is 1. The first-order valence-corrected chi connectivity index (χ1v) is 11.0. The third-order valence-electron chi connectivity index (χ3n) is 5.00. The van der Waals surface area contributed by atoms with Crippen LogP contribution in [0.3, 0.4) is 0 Å². The number of nitriles is 1. The van der Waals surface area contributed by atoms with Crippen LogP contribution < -0.4 is 5.56 Å². The topological polar surface area (TPSA) is 58.7 Å². The molecule has 27 heavy (non-hydrogen) atoms. The van der Waals surface area contributed by atoms with E-state index < -0.39 is 0 Å². The maximum absolute atomic E-state index is 13.5. The van der Waals surface area contributed by atoms with E-state index in [1.807, 2.05) is 37.3 Å². The van der Waals surface area contributed by atoms with Crippen molar-refractivity contribution < 1.29 is 0 Å². The molecular weight excluding hydrogens is 374 g/mol. The minimum atomic E-state index is -0.0933. The molecule has 138 valence electrons. The zero-order chi connectivity index (χ0) is 19.0. The van der Waals surface area contributed by atoms with Gasteiger partial charge < -0.3 is 0 Å². The summed E-state index contributed by atoms with van der Waals surface area (Å²) in [5.74, 6) is 1.18. The lowest BCUT2D eigenvalue weighted by Gasteiger charge is -2.18. The lowest BCUT2D eigenvalue weighted by molar-refractivity contribution is 0.509. The molecule has 0 saturated carbocycles. The second-order valence-corrected chi connectivity index (χ2v) is 9.31. The number of hydrogen-bond acceptors (Lipinski definition) is 5. The van der Waals surface area contributed by atoms with Gasteiger partial charge in [-0.1, -0.05) is 36.9 Å². The molecule has 0 saturated heterocycles. The number of thioether (sulfide) groups is 1. The summed E-state index contributed by atoms with van der Waals surface area (Å²) < 4.78 is 1.72. The van der Waals surface area contributed by atoms with E-state index in [1.54, 1.807) is 15.9 Å². The molecule has 6 heteroatoms. The van der Waals surface area contributed by atoms with Gasteiger partial charge >= 0.3 is 0 Å². The van der Waals surface area contributed by atoms with E-state index in [9.17, 15) is 4.79 Å². The Hall–Kier alpha value is -2.10. The summed E-state index contributed by atoms with van der Waals surface area (Å²) in [4.78, 5) is 20.6. The Balaban J connectivity index is 1.92. The van der Waals surface area contributed by atoms with Crippen molar-refractivity contribution in [3.8, 4) is 11.8 Å². The SMILES string of the molecule is C[C@@H]1CCc2c(sc3nc(SC[C@H](C)C#N)n(-c4ccccc4)c(=O)c23)C1. The first-order valence-electron chi connectivity index (χ1n) is 9.23. The number of para-hydroxylation sites is 1. The quantitative estimate of drug-likeness (QED) is 0.469. The predicted octanol–water partition coefficient (Wildman–Crippen LogP) is 4.82. The number of aromatic nitrogens is 2. The van der Waals surface area contributed by atoms with Crippen LogP contribution in [0, 0.1) is 23.2 Å². The van der Waals surface area contributed by atoms with Crippen molar-refractivity contribution in [1.29, 1.82) is 5.26 Å². The molecule has 0 fully saturated rings. The van der Waals surface area contributed by atoms with Crippen LogP contribution >= 0.6 is 23.1 Å². The standard InChI is InChI=1S/C21H21N3OS2/c1-13-8-9-16-17(10-13)27-19-18(16)20(25)24(15-6-4-3-5-7-15)21(23-19)26-12-14(2)11-22/h3-7,13-14H,8-10,12H2,1-2H3/t13-,14-/m1/s1. The molecule has 0 bridgehead atoms. The van der Waals surface area contributed by atoms with Crippen molar-refractivity contribution >= 4 is 33.3 Å². The minimum absolute atomic E-state index is 0.0189. The lowest BCUT2D eigenvalue weighted by atomic mass is 9.89. The van der Waals surface area contributed by atoms with Gasteiger partial charge in [0.2, 0.25) is 0 Å². The van der Waals surface area contributed by atoms with E-state index in [1.165, 1.54) is 22.2 Å². The van der Waals surface area contributed by atoms with E-state index in [2.05, 4.69) is 13.0 Å². The molecular formula is C21H21N3OS2. The highest BCUT2D eigenvalue weighted by atomic mass is 32.2. The Labute approximate surface area is 166 Å². The van der Waals surface area contributed by atoms with Gasteiger partial charge in [0, 0.05) is 10.6 Å². The van der Waals surface area contributed by atoms with Gasteiger partial charge in [-0.3, -0.25) is 9.36 Å². The van der Waals surface area contributed by atoms with Crippen LogP contribution in [0.1, 0.15) is 30.7 Å². The number of rotatable bonds is 4. The Morgan fingerprint density at radius 1 is 1.41 bits per heavy atom. The monoisotopic (exact) mass is 395 g/mol. The molecule has 1 aromatic carbocycles. The zero-order valence-electron chi connectivity index (χ0n) is 15.4. The number of hydrogen-bond donors (Lipinski definition) is 0. The van der Waals surface area contributed by atoms with Crippen molar-refractivity contribution in [1.82, 2.24) is 9.55 Å².